The van der Waals surface area contributed by atoms with Crippen molar-refractivity contribution in [2.24, 2.45) is 0 Å². The number of hydrogen-bond acceptors (Lipinski definition) is 4. The Morgan fingerprint density at radius 1 is 0.636 bits per heavy atom. The predicted molar refractivity (Wildman–Crippen MR) is 185 cm³/mol. The summed E-state index contributed by atoms with van der Waals surface area (Å²) in [5, 5.41) is 11.0. The van der Waals surface area contributed by atoms with E-state index in [-0.39, 0.29) is 24.5 Å². The fourth-order valence-electron chi connectivity index (χ4n) is 4.58. The van der Waals surface area contributed by atoms with E-state index in [2.05, 4.69) is 73.8 Å². The van der Waals surface area contributed by atoms with Crippen LogP contribution in [0.4, 0.5) is 0 Å². The Hall–Kier alpha value is -2.89. The van der Waals surface area contributed by atoms with E-state index >= 15 is 0 Å². The van der Waals surface area contributed by atoms with Gasteiger partial charge in [0.1, 0.15) is 12.6 Å². The monoisotopic (exact) mass is 613 g/mol. The van der Waals surface area contributed by atoms with Gasteiger partial charge in [-0.25, -0.2) is 0 Å². The molecule has 0 fully saturated rings. The molecular formula is C38H63NO5. The minimum Gasteiger partial charge on any atom is -0.480 e. The van der Waals surface area contributed by atoms with E-state index in [4.69, 9.17) is 9.84 Å². The average Bonchev–Trinajstić information content (AvgIpc) is 3.00. The summed E-state index contributed by atoms with van der Waals surface area (Å²) >= 11 is 0. The van der Waals surface area contributed by atoms with Gasteiger partial charge in [-0.2, -0.15) is 0 Å². The number of carboxylic acid groups (broad SMARTS) is 1. The number of carbonyl (C=O) groups is 3. The summed E-state index contributed by atoms with van der Waals surface area (Å²) in [5.74, 6) is -1.36. The van der Waals surface area contributed by atoms with E-state index in [0.717, 1.165) is 103 Å². The zero-order valence-corrected chi connectivity index (χ0v) is 28.0. The van der Waals surface area contributed by atoms with Crippen molar-refractivity contribution < 1.29 is 24.2 Å². The summed E-state index contributed by atoms with van der Waals surface area (Å²) < 4.78 is 5.80. The highest BCUT2D eigenvalue weighted by molar-refractivity contribution is 5.80. The summed E-state index contributed by atoms with van der Waals surface area (Å²) in [6.07, 6.45) is 42.3. The van der Waals surface area contributed by atoms with Crippen LogP contribution in [0.15, 0.2) is 60.8 Å². The van der Waals surface area contributed by atoms with E-state index in [1.165, 1.54) is 19.3 Å². The van der Waals surface area contributed by atoms with E-state index in [1.54, 1.807) is 0 Å². The first-order valence-corrected chi connectivity index (χ1v) is 17.4. The molecule has 1 atom stereocenters. The predicted octanol–water partition coefficient (Wildman–Crippen LogP) is 10.1. The van der Waals surface area contributed by atoms with Crippen LogP contribution in [0, 0.1) is 0 Å². The number of carboxylic acids is 1. The molecule has 0 spiro atoms. The van der Waals surface area contributed by atoms with Gasteiger partial charge in [0, 0.05) is 12.8 Å². The molecule has 1 unspecified atom stereocenters. The van der Waals surface area contributed by atoms with Gasteiger partial charge in [-0.15, -0.1) is 0 Å². The number of aliphatic carboxylic acids is 1. The normalized spacial score (nSPS) is 12.8. The van der Waals surface area contributed by atoms with Gasteiger partial charge in [0.15, 0.2) is 0 Å². The molecule has 0 aromatic heterocycles. The fraction of sp³-hybridized carbons (Fsp3) is 0.658. The van der Waals surface area contributed by atoms with Crippen molar-refractivity contribution in [1.29, 1.82) is 0 Å². The van der Waals surface area contributed by atoms with Crippen molar-refractivity contribution in [3.8, 4) is 0 Å². The third-order valence-electron chi connectivity index (χ3n) is 7.16. The Bertz CT molecular complexity index is 855. The molecular weight excluding hydrogens is 550 g/mol. The second kappa shape index (κ2) is 33.0. The van der Waals surface area contributed by atoms with Crippen molar-refractivity contribution in [2.75, 3.05) is 6.54 Å². The average molecular weight is 614 g/mol. The summed E-state index contributed by atoms with van der Waals surface area (Å²) in [6, 6.07) is 0. The fourth-order valence-corrected chi connectivity index (χ4v) is 4.58. The topological polar surface area (TPSA) is 92.7 Å². The summed E-state index contributed by atoms with van der Waals surface area (Å²) in [7, 11) is 0. The number of unbranched alkanes of at least 4 members (excludes halogenated alkanes) is 11. The molecule has 0 aliphatic heterocycles. The molecule has 1 amide bonds. The molecule has 0 aliphatic rings. The summed E-state index contributed by atoms with van der Waals surface area (Å²) in [4.78, 5) is 34.6. The van der Waals surface area contributed by atoms with Crippen LogP contribution in [-0.4, -0.2) is 35.6 Å². The lowest BCUT2D eigenvalue weighted by atomic mass is 10.1. The zero-order valence-electron chi connectivity index (χ0n) is 28.0. The molecule has 44 heavy (non-hydrogen) atoms. The van der Waals surface area contributed by atoms with Crippen LogP contribution in [0.5, 0.6) is 0 Å². The lowest BCUT2D eigenvalue weighted by Gasteiger charge is -2.15. The maximum atomic E-state index is 12.5. The smallest absolute Gasteiger partial charge is 0.322 e. The lowest BCUT2D eigenvalue weighted by Crippen LogP contribution is -2.28. The van der Waals surface area contributed by atoms with Crippen LogP contribution in [0.25, 0.3) is 0 Å². The molecule has 250 valence electrons. The van der Waals surface area contributed by atoms with Gasteiger partial charge in [-0.3, -0.25) is 14.4 Å². The lowest BCUT2D eigenvalue weighted by molar-refractivity contribution is -0.147. The Morgan fingerprint density at radius 2 is 1.18 bits per heavy atom. The first-order valence-electron chi connectivity index (χ1n) is 17.4. The molecule has 2 N–H and O–H groups in total. The SMILES string of the molecule is CC/C=C\C/C=C\C/C=C\C/C=C\CCCCCCCCC(=O)OC(/C=C\CCCC)CCCCCCC(=O)NCC(=O)O. The largest absolute Gasteiger partial charge is 0.480 e. The number of rotatable bonds is 30. The minimum atomic E-state index is -1.03. The number of nitrogens with one attached hydrogen (secondary N) is 1. The van der Waals surface area contributed by atoms with Gasteiger partial charge in [-0.1, -0.05) is 120 Å². The van der Waals surface area contributed by atoms with E-state index < -0.39 is 5.97 Å². The number of ether oxygens (including phenoxy) is 1. The summed E-state index contributed by atoms with van der Waals surface area (Å²) in [6.45, 7) is 3.99. The molecule has 0 aromatic rings. The first-order chi connectivity index (χ1) is 21.5. The highest BCUT2D eigenvalue weighted by atomic mass is 16.5. The third-order valence-corrected chi connectivity index (χ3v) is 7.16. The Labute approximate surface area is 269 Å². The minimum absolute atomic E-state index is 0.107. The molecule has 6 nitrogen and oxygen atoms in total. The van der Waals surface area contributed by atoms with Crippen molar-refractivity contribution in [2.45, 2.75) is 155 Å². The van der Waals surface area contributed by atoms with Crippen LogP contribution in [0.1, 0.15) is 149 Å². The highest BCUT2D eigenvalue weighted by Gasteiger charge is 2.11. The second-order valence-electron chi connectivity index (χ2n) is 11.4. The standard InChI is InChI=1S/C38H63NO5/c1-3-5-7-9-10-11-12-13-14-15-16-17-18-19-20-21-22-23-29-33-38(43)44-35(30-26-8-6-4-2)31-27-24-25-28-32-36(40)39-34-37(41)42/h5,7,10-11,13-14,16-17,26,30,35H,3-4,6,8-9,12,15,18-25,27-29,31-34H2,1-2H3,(H,39,40)(H,41,42)/b7-5-,11-10-,14-13-,17-16-,30-26-. The van der Waals surface area contributed by atoms with Crippen LogP contribution in [0.3, 0.4) is 0 Å². The molecule has 0 bridgehead atoms. The van der Waals surface area contributed by atoms with Gasteiger partial charge in [-0.05, 0) is 76.7 Å². The Morgan fingerprint density at radius 3 is 1.82 bits per heavy atom. The third kappa shape index (κ3) is 32.0. The first kappa shape index (κ1) is 41.1. The van der Waals surface area contributed by atoms with Crippen LogP contribution >= 0.6 is 0 Å². The molecule has 0 aromatic carbocycles. The quantitative estimate of drug-likeness (QED) is 0.0478. The highest BCUT2D eigenvalue weighted by Crippen LogP contribution is 2.14. The van der Waals surface area contributed by atoms with E-state index in [1.807, 2.05) is 6.08 Å². The number of esters is 1. The van der Waals surface area contributed by atoms with Gasteiger partial charge < -0.3 is 15.2 Å². The number of hydrogen-bond donors (Lipinski definition) is 2. The second-order valence-corrected chi connectivity index (χ2v) is 11.4. The van der Waals surface area contributed by atoms with E-state index in [9.17, 15) is 14.4 Å². The van der Waals surface area contributed by atoms with Crippen LogP contribution < -0.4 is 5.32 Å². The molecule has 0 aliphatic carbocycles. The van der Waals surface area contributed by atoms with Gasteiger partial charge in [0.25, 0.3) is 0 Å². The number of amides is 1. The Kier molecular flexibility index (Phi) is 30.8. The van der Waals surface area contributed by atoms with Crippen molar-refractivity contribution in [3.05, 3.63) is 60.8 Å². The van der Waals surface area contributed by atoms with Gasteiger partial charge in [0.05, 0.1) is 0 Å². The van der Waals surface area contributed by atoms with Crippen molar-refractivity contribution in [1.82, 2.24) is 5.32 Å². The van der Waals surface area contributed by atoms with Gasteiger partial charge in [0.2, 0.25) is 5.91 Å². The molecule has 6 heteroatoms. The van der Waals surface area contributed by atoms with Crippen molar-refractivity contribution >= 4 is 17.8 Å². The molecule has 0 radical (unpaired) electrons. The Balaban J connectivity index is 3.95. The molecule has 0 saturated carbocycles. The van der Waals surface area contributed by atoms with E-state index in [0.29, 0.717) is 12.8 Å². The molecule has 0 rings (SSSR count). The van der Waals surface area contributed by atoms with Gasteiger partial charge >= 0.3 is 11.9 Å². The zero-order chi connectivity index (χ0) is 32.4. The van der Waals surface area contributed by atoms with Crippen LogP contribution in [-0.2, 0) is 19.1 Å². The molecule has 0 heterocycles. The molecule has 0 saturated heterocycles. The van der Waals surface area contributed by atoms with Crippen LogP contribution in [0.2, 0.25) is 0 Å². The van der Waals surface area contributed by atoms with Crippen molar-refractivity contribution in [3.63, 3.8) is 0 Å². The maximum absolute atomic E-state index is 12.5. The summed E-state index contributed by atoms with van der Waals surface area (Å²) in [5.41, 5.74) is 0. The number of allylic oxidation sites excluding steroid dienone is 9. The number of carbonyl (C=O) groups excluding carboxylic acids is 2. The maximum Gasteiger partial charge on any atom is 0.322 e.